The average Bonchev–Trinajstić information content (AvgIpc) is 2.72. The molecule has 0 atom stereocenters. The summed E-state index contributed by atoms with van der Waals surface area (Å²) in [6, 6.07) is 17.7. The molecule has 4 nitrogen and oxygen atoms in total. The van der Waals surface area contributed by atoms with E-state index in [0.717, 1.165) is 21.6 Å². The van der Waals surface area contributed by atoms with Gasteiger partial charge in [-0.05, 0) is 16.7 Å². The minimum absolute atomic E-state index is 0.0244. The van der Waals surface area contributed by atoms with Gasteiger partial charge < -0.3 is 9.64 Å². The van der Waals surface area contributed by atoms with Gasteiger partial charge in [0.25, 0.3) is 6.10 Å². The molecule has 10 heteroatoms. The fourth-order valence-corrected chi connectivity index (χ4v) is 3.27. The number of alkyl halides is 6. The van der Waals surface area contributed by atoms with E-state index in [1.807, 2.05) is 59.5 Å². The Bertz CT molecular complexity index is 846. The van der Waals surface area contributed by atoms with Crippen molar-refractivity contribution in [2.45, 2.75) is 25.0 Å². The second kappa shape index (κ2) is 9.17. The Morgan fingerprint density at radius 1 is 0.806 bits per heavy atom. The molecule has 1 saturated heterocycles. The zero-order chi connectivity index (χ0) is 22.6. The predicted octanol–water partition coefficient (Wildman–Crippen LogP) is 5.10. The molecule has 1 fully saturated rings. The van der Waals surface area contributed by atoms with Gasteiger partial charge in [0.15, 0.2) is 0 Å². The highest BCUT2D eigenvalue weighted by molar-refractivity contribution is 5.68. The monoisotopic (exact) mass is 446 g/mol. The number of piperazine rings is 1. The number of hydrogen-bond donors (Lipinski definition) is 0. The molecule has 1 aliphatic rings. The molecule has 1 amide bonds. The second-order valence-corrected chi connectivity index (χ2v) is 7.17. The van der Waals surface area contributed by atoms with E-state index in [4.69, 9.17) is 0 Å². The molecule has 1 heterocycles. The van der Waals surface area contributed by atoms with Crippen LogP contribution in [0.25, 0.3) is 11.1 Å². The summed E-state index contributed by atoms with van der Waals surface area (Å²) in [5.74, 6) is 0. The molecule has 0 bridgehead atoms. The first kappa shape index (κ1) is 22.9. The minimum Gasteiger partial charge on any atom is -0.426 e. The Labute approximate surface area is 175 Å². The fraction of sp³-hybridized carbons (Fsp3) is 0.381. The highest BCUT2D eigenvalue weighted by atomic mass is 19.4. The largest absolute Gasteiger partial charge is 0.434 e. The van der Waals surface area contributed by atoms with Crippen molar-refractivity contribution in [1.82, 2.24) is 9.80 Å². The molecular weight excluding hydrogens is 426 g/mol. The molecule has 3 rings (SSSR count). The van der Waals surface area contributed by atoms with Crippen molar-refractivity contribution >= 4 is 6.09 Å². The first-order chi connectivity index (χ1) is 14.5. The standard InChI is InChI=1S/C21H20F6N2O2/c22-20(23,24)18(21(25,26)27)31-19(30)29-12-10-28(11-13-29)14-15-6-8-17(9-7-15)16-4-2-1-3-5-16/h1-9,18H,10-14H2. The number of hydrogen-bond acceptors (Lipinski definition) is 3. The van der Waals surface area contributed by atoms with Crippen LogP contribution in [-0.4, -0.2) is 60.5 Å². The van der Waals surface area contributed by atoms with Crippen molar-refractivity contribution in [2.75, 3.05) is 26.2 Å². The van der Waals surface area contributed by atoms with Gasteiger partial charge in [-0.3, -0.25) is 4.90 Å². The third-order valence-electron chi connectivity index (χ3n) is 4.91. The SMILES string of the molecule is O=C(OC(C(F)(F)F)C(F)(F)F)N1CCN(Cc2ccc(-c3ccccc3)cc2)CC1. The Kier molecular flexibility index (Phi) is 6.78. The van der Waals surface area contributed by atoms with Crippen molar-refractivity contribution in [3.05, 3.63) is 60.2 Å². The van der Waals surface area contributed by atoms with Crippen LogP contribution in [0.3, 0.4) is 0 Å². The number of ether oxygens (including phenoxy) is 1. The zero-order valence-electron chi connectivity index (χ0n) is 16.3. The van der Waals surface area contributed by atoms with Crippen LogP contribution in [-0.2, 0) is 11.3 Å². The summed E-state index contributed by atoms with van der Waals surface area (Å²) in [6.45, 7) is 1.11. The molecule has 0 aliphatic carbocycles. The normalized spacial score (nSPS) is 15.9. The van der Waals surface area contributed by atoms with Crippen LogP contribution in [0.2, 0.25) is 0 Å². The third kappa shape index (κ3) is 6.13. The molecule has 0 aromatic heterocycles. The second-order valence-electron chi connectivity index (χ2n) is 7.17. The van der Waals surface area contributed by atoms with Gasteiger partial charge in [-0.2, -0.15) is 26.3 Å². The van der Waals surface area contributed by atoms with Crippen LogP contribution in [0.1, 0.15) is 5.56 Å². The summed E-state index contributed by atoms with van der Waals surface area (Å²) in [7, 11) is 0. The molecule has 2 aromatic carbocycles. The third-order valence-corrected chi connectivity index (χ3v) is 4.91. The van der Waals surface area contributed by atoms with Crippen molar-refractivity contribution < 1.29 is 35.9 Å². The van der Waals surface area contributed by atoms with Gasteiger partial charge in [0.1, 0.15) is 0 Å². The van der Waals surface area contributed by atoms with Gasteiger partial charge in [0, 0.05) is 32.7 Å². The topological polar surface area (TPSA) is 32.8 Å². The first-order valence-corrected chi connectivity index (χ1v) is 9.50. The minimum atomic E-state index is -5.72. The Morgan fingerprint density at radius 2 is 1.32 bits per heavy atom. The summed E-state index contributed by atoms with van der Waals surface area (Å²) in [4.78, 5) is 14.6. The molecule has 168 valence electrons. The molecule has 31 heavy (non-hydrogen) atoms. The molecule has 1 aliphatic heterocycles. The number of carbonyl (C=O) groups is 1. The van der Waals surface area contributed by atoms with Crippen LogP contribution < -0.4 is 0 Å². The lowest BCUT2D eigenvalue weighted by atomic mass is 10.0. The first-order valence-electron chi connectivity index (χ1n) is 9.50. The molecule has 0 spiro atoms. The van der Waals surface area contributed by atoms with Crippen LogP contribution >= 0.6 is 0 Å². The van der Waals surface area contributed by atoms with Crippen molar-refractivity contribution in [2.24, 2.45) is 0 Å². The lowest BCUT2D eigenvalue weighted by Crippen LogP contribution is -2.52. The fourth-order valence-electron chi connectivity index (χ4n) is 3.27. The van der Waals surface area contributed by atoms with Crippen LogP contribution in [0, 0.1) is 0 Å². The Hall–Kier alpha value is -2.75. The van der Waals surface area contributed by atoms with Crippen molar-refractivity contribution in [3.8, 4) is 11.1 Å². The predicted molar refractivity (Wildman–Crippen MR) is 101 cm³/mol. The van der Waals surface area contributed by atoms with Crippen LogP contribution in [0.15, 0.2) is 54.6 Å². The average molecular weight is 446 g/mol. The van der Waals surface area contributed by atoms with Gasteiger partial charge in [0.2, 0.25) is 0 Å². The Morgan fingerprint density at radius 3 is 1.84 bits per heavy atom. The highest BCUT2D eigenvalue weighted by Gasteiger charge is 2.60. The number of rotatable bonds is 4. The van der Waals surface area contributed by atoms with E-state index in [2.05, 4.69) is 4.74 Å². The van der Waals surface area contributed by atoms with E-state index in [1.54, 1.807) is 0 Å². The quantitative estimate of drug-likeness (QED) is 0.613. The van der Waals surface area contributed by atoms with Gasteiger partial charge >= 0.3 is 18.4 Å². The number of halogens is 6. The molecule has 0 saturated carbocycles. The number of nitrogens with zero attached hydrogens (tertiary/aromatic N) is 2. The van der Waals surface area contributed by atoms with E-state index >= 15 is 0 Å². The molecule has 0 radical (unpaired) electrons. The molecular formula is C21H20F6N2O2. The molecule has 2 aromatic rings. The van der Waals surface area contributed by atoms with Gasteiger partial charge in [-0.15, -0.1) is 0 Å². The van der Waals surface area contributed by atoms with E-state index in [0.29, 0.717) is 19.6 Å². The zero-order valence-corrected chi connectivity index (χ0v) is 16.3. The van der Waals surface area contributed by atoms with Gasteiger partial charge in [0.05, 0.1) is 0 Å². The van der Waals surface area contributed by atoms with E-state index in [-0.39, 0.29) is 13.1 Å². The lowest BCUT2D eigenvalue weighted by molar-refractivity contribution is -0.308. The molecule has 0 unspecified atom stereocenters. The number of amides is 1. The Balaban J connectivity index is 1.52. The summed E-state index contributed by atoms with van der Waals surface area (Å²) < 4.78 is 79.1. The maximum Gasteiger partial charge on any atom is 0.434 e. The summed E-state index contributed by atoms with van der Waals surface area (Å²) in [5, 5.41) is 0. The maximum absolute atomic E-state index is 12.6. The van der Waals surface area contributed by atoms with Crippen LogP contribution in [0.4, 0.5) is 31.1 Å². The molecule has 0 N–H and O–H groups in total. The van der Waals surface area contributed by atoms with Gasteiger partial charge in [-0.1, -0.05) is 54.6 Å². The van der Waals surface area contributed by atoms with E-state index in [9.17, 15) is 31.1 Å². The van der Waals surface area contributed by atoms with Crippen molar-refractivity contribution in [3.63, 3.8) is 0 Å². The number of benzene rings is 2. The summed E-state index contributed by atoms with van der Waals surface area (Å²) in [6.07, 6.45) is -17.2. The maximum atomic E-state index is 12.6. The van der Waals surface area contributed by atoms with E-state index in [1.165, 1.54) is 0 Å². The summed E-state index contributed by atoms with van der Waals surface area (Å²) in [5.41, 5.74) is 3.14. The van der Waals surface area contributed by atoms with Gasteiger partial charge in [-0.25, -0.2) is 4.79 Å². The van der Waals surface area contributed by atoms with Crippen LogP contribution in [0.5, 0.6) is 0 Å². The van der Waals surface area contributed by atoms with E-state index < -0.39 is 24.5 Å². The summed E-state index contributed by atoms with van der Waals surface area (Å²) >= 11 is 0. The number of carbonyl (C=O) groups excluding carboxylic acids is 1. The van der Waals surface area contributed by atoms with Crippen molar-refractivity contribution in [1.29, 1.82) is 0 Å². The lowest BCUT2D eigenvalue weighted by Gasteiger charge is -2.35. The highest BCUT2D eigenvalue weighted by Crippen LogP contribution is 2.36. The smallest absolute Gasteiger partial charge is 0.426 e.